The van der Waals surface area contributed by atoms with Crippen molar-refractivity contribution in [3.63, 3.8) is 0 Å². The first kappa shape index (κ1) is 33.7. The molecule has 0 saturated heterocycles. The van der Waals surface area contributed by atoms with E-state index in [-0.39, 0.29) is 18.2 Å². The molecule has 3 aliphatic rings. The van der Waals surface area contributed by atoms with Gasteiger partial charge in [-0.25, -0.2) is 9.59 Å². The number of rotatable bonds is 18. The van der Waals surface area contributed by atoms with Crippen LogP contribution in [0.5, 0.6) is 0 Å². The number of nitrogens with zero attached hydrogens (tertiary/aromatic N) is 1. The Labute approximate surface area is 249 Å². The second-order valence-corrected chi connectivity index (χ2v) is 12.7. The lowest BCUT2D eigenvalue weighted by atomic mass is 9.89. The Hall–Kier alpha value is -1.76. The Kier molecular flexibility index (Phi) is 16.0. The minimum atomic E-state index is -0.987. The topological polar surface area (TPSA) is 85.3 Å². The molecule has 0 bridgehead atoms. The third-order valence-corrected chi connectivity index (χ3v) is 9.18. The molecule has 1 heterocycles. The summed E-state index contributed by atoms with van der Waals surface area (Å²) in [6, 6.07) is 0.433. The second kappa shape index (κ2) is 19.4. The summed E-state index contributed by atoms with van der Waals surface area (Å²) < 4.78 is 16.9. The predicted molar refractivity (Wildman–Crippen MR) is 162 cm³/mol. The summed E-state index contributed by atoms with van der Waals surface area (Å²) in [7, 11) is 0. The third-order valence-electron chi connectivity index (χ3n) is 9.18. The van der Waals surface area contributed by atoms with Gasteiger partial charge in [-0.05, 0) is 38.2 Å². The molecule has 7 nitrogen and oxygen atoms in total. The van der Waals surface area contributed by atoms with Gasteiger partial charge in [0.05, 0.1) is 0 Å². The molecular weight excluding hydrogens is 518 g/mol. The molecule has 0 radical (unpaired) electrons. The quantitative estimate of drug-likeness (QED) is 0.0996. The van der Waals surface area contributed by atoms with E-state index in [0.29, 0.717) is 18.6 Å². The van der Waals surface area contributed by atoms with Gasteiger partial charge < -0.3 is 24.2 Å². The predicted octanol–water partition coefficient (Wildman–Crippen LogP) is 8.71. The van der Waals surface area contributed by atoms with E-state index >= 15 is 0 Å². The molecule has 0 aromatic heterocycles. The van der Waals surface area contributed by atoms with Crippen LogP contribution in [0.3, 0.4) is 0 Å². The van der Waals surface area contributed by atoms with Gasteiger partial charge in [0.25, 0.3) is 0 Å². The van der Waals surface area contributed by atoms with Crippen LogP contribution in [0, 0.1) is 0 Å². The van der Waals surface area contributed by atoms with Gasteiger partial charge in [-0.15, -0.1) is 0 Å². The van der Waals surface area contributed by atoms with E-state index < -0.39 is 24.5 Å². The van der Waals surface area contributed by atoms with E-state index in [1.165, 1.54) is 70.6 Å². The number of carbonyl (C=O) groups is 2. The molecule has 2 aliphatic carbocycles. The van der Waals surface area contributed by atoms with Crippen molar-refractivity contribution in [1.82, 2.24) is 4.90 Å². The maximum Gasteiger partial charge on any atom is 0.413 e. The zero-order valence-corrected chi connectivity index (χ0v) is 26.2. The fraction of sp³-hybridized carbons (Fsp3) is 0.882. The minimum Gasteiger partial charge on any atom is -0.480 e. The molecule has 3 unspecified atom stereocenters. The van der Waals surface area contributed by atoms with Gasteiger partial charge in [-0.2, -0.15) is 0 Å². The Morgan fingerprint density at radius 3 is 1.88 bits per heavy atom. The highest BCUT2D eigenvalue weighted by molar-refractivity contribution is 5.76. The van der Waals surface area contributed by atoms with Crippen LogP contribution < -0.4 is 0 Å². The van der Waals surface area contributed by atoms with Crippen LogP contribution in [0.25, 0.3) is 0 Å². The molecule has 0 aromatic carbocycles. The molecule has 2 saturated carbocycles. The molecule has 0 spiro atoms. The smallest absolute Gasteiger partial charge is 0.413 e. The summed E-state index contributed by atoms with van der Waals surface area (Å²) in [6.45, 7) is 3.85. The van der Waals surface area contributed by atoms with Crippen molar-refractivity contribution in [2.24, 2.45) is 0 Å². The van der Waals surface area contributed by atoms with Gasteiger partial charge in [-0.3, -0.25) is 0 Å². The Balaban J connectivity index is 1.31. The van der Waals surface area contributed by atoms with Crippen LogP contribution in [-0.4, -0.2) is 52.7 Å². The molecule has 7 heteroatoms. The van der Waals surface area contributed by atoms with Gasteiger partial charge in [0.1, 0.15) is 11.9 Å². The highest BCUT2D eigenvalue weighted by Crippen LogP contribution is 2.31. The van der Waals surface area contributed by atoms with Crippen molar-refractivity contribution < 1.29 is 28.9 Å². The first-order valence-corrected chi connectivity index (χ1v) is 17.2. The van der Waals surface area contributed by atoms with Crippen molar-refractivity contribution in [2.75, 3.05) is 0 Å². The summed E-state index contributed by atoms with van der Waals surface area (Å²) in [6.07, 6.45) is 25.0. The molecule has 3 rings (SSSR count). The van der Waals surface area contributed by atoms with Crippen molar-refractivity contribution in [2.45, 2.75) is 192 Å². The molecule has 1 N–H and O–H groups in total. The first-order valence-electron chi connectivity index (χ1n) is 17.2. The van der Waals surface area contributed by atoms with Crippen LogP contribution in [0.15, 0.2) is 11.8 Å². The normalized spacial score (nSPS) is 21.5. The zero-order chi connectivity index (χ0) is 29.3. The largest absolute Gasteiger partial charge is 0.480 e. The fourth-order valence-corrected chi connectivity index (χ4v) is 6.77. The minimum absolute atomic E-state index is 0.217. The number of carbonyl (C=O) groups excluding carboxylic acids is 2. The Morgan fingerprint density at radius 1 is 0.829 bits per heavy atom. The van der Waals surface area contributed by atoms with E-state index in [9.17, 15) is 14.7 Å². The number of hydrogen-bond donors (Lipinski definition) is 1. The highest BCUT2D eigenvalue weighted by atomic mass is 16.7. The van der Waals surface area contributed by atoms with Crippen molar-refractivity contribution in [3.05, 3.63) is 11.8 Å². The summed E-state index contributed by atoms with van der Waals surface area (Å²) >= 11 is 0. The van der Waals surface area contributed by atoms with Gasteiger partial charge >= 0.3 is 12.1 Å². The molecule has 3 atom stereocenters. The fourth-order valence-electron chi connectivity index (χ4n) is 6.77. The van der Waals surface area contributed by atoms with Crippen LogP contribution in [0.4, 0.5) is 4.79 Å². The standard InChI is InChI=1S/C34H59NO6/c1-3-4-5-6-7-8-9-10-11-12-19-24-30(36)31-25-26-32(41-31)33(37)39-27(2)40-34(38)35(28-20-15-13-16-21-28)29-22-17-14-18-23-29/h25,27-30,32,36H,3-24,26H2,1-2H3. The average molecular weight is 578 g/mol. The molecule has 0 aromatic rings. The van der Waals surface area contributed by atoms with Crippen LogP contribution in [-0.2, 0) is 19.0 Å². The van der Waals surface area contributed by atoms with E-state index in [0.717, 1.165) is 64.2 Å². The first-order chi connectivity index (χ1) is 20.0. The number of unbranched alkanes of at least 4 members (excludes halogenated alkanes) is 10. The summed E-state index contributed by atoms with van der Waals surface area (Å²) in [5, 5.41) is 10.6. The highest BCUT2D eigenvalue weighted by Gasteiger charge is 2.36. The van der Waals surface area contributed by atoms with Crippen LogP contribution in [0.2, 0.25) is 0 Å². The van der Waals surface area contributed by atoms with Gasteiger partial charge in [0.2, 0.25) is 6.29 Å². The average Bonchev–Trinajstić information content (AvgIpc) is 3.48. The Morgan fingerprint density at radius 2 is 1.34 bits per heavy atom. The number of ether oxygens (including phenoxy) is 3. The SMILES string of the molecule is CCCCCCCCCCCCCC(O)C1=CCC(C(=O)OC(C)OC(=O)N(C2CCCCC2)C2CCCCC2)O1. The van der Waals surface area contributed by atoms with Crippen molar-refractivity contribution >= 4 is 12.1 Å². The summed E-state index contributed by atoms with van der Waals surface area (Å²) in [5.41, 5.74) is 0. The third kappa shape index (κ3) is 12.2. The van der Waals surface area contributed by atoms with E-state index in [1.54, 1.807) is 13.0 Å². The number of aliphatic hydroxyl groups is 1. The maximum atomic E-state index is 13.3. The van der Waals surface area contributed by atoms with Gasteiger partial charge in [0, 0.05) is 25.4 Å². The van der Waals surface area contributed by atoms with Crippen molar-refractivity contribution in [1.29, 1.82) is 0 Å². The van der Waals surface area contributed by atoms with Gasteiger partial charge in [0.15, 0.2) is 6.10 Å². The summed E-state index contributed by atoms with van der Waals surface area (Å²) in [5.74, 6) is -0.0928. The molecule has 41 heavy (non-hydrogen) atoms. The Bertz CT molecular complexity index is 755. The molecule has 2 fully saturated rings. The van der Waals surface area contributed by atoms with E-state index in [1.807, 2.05) is 4.90 Å². The number of esters is 1. The number of aliphatic hydroxyl groups excluding tert-OH is 1. The number of amides is 1. The molecule has 1 amide bonds. The zero-order valence-electron chi connectivity index (χ0n) is 26.2. The van der Waals surface area contributed by atoms with Gasteiger partial charge in [-0.1, -0.05) is 116 Å². The van der Waals surface area contributed by atoms with Crippen LogP contribution >= 0.6 is 0 Å². The van der Waals surface area contributed by atoms with Crippen LogP contribution in [0.1, 0.15) is 162 Å². The number of hydrogen-bond acceptors (Lipinski definition) is 6. The lowest BCUT2D eigenvalue weighted by Gasteiger charge is -2.41. The lowest BCUT2D eigenvalue weighted by molar-refractivity contribution is -0.177. The van der Waals surface area contributed by atoms with Crippen molar-refractivity contribution in [3.8, 4) is 0 Å². The monoisotopic (exact) mass is 577 g/mol. The maximum absolute atomic E-state index is 13.3. The van der Waals surface area contributed by atoms with E-state index in [4.69, 9.17) is 14.2 Å². The molecular formula is C34H59NO6. The van der Waals surface area contributed by atoms with E-state index in [2.05, 4.69) is 6.92 Å². The molecule has 1 aliphatic heterocycles. The second-order valence-electron chi connectivity index (χ2n) is 12.7. The molecule has 236 valence electrons. The summed E-state index contributed by atoms with van der Waals surface area (Å²) in [4.78, 5) is 28.0. The lowest BCUT2D eigenvalue weighted by Crippen LogP contribution is -2.50.